The Kier molecular flexibility index (Phi) is 7.52. The maximum absolute atomic E-state index is 11.2. The van der Waals surface area contributed by atoms with Crippen molar-refractivity contribution >= 4 is 31.0 Å². The molecule has 0 aromatic heterocycles. The molecule has 0 aliphatic carbocycles. The van der Waals surface area contributed by atoms with Gasteiger partial charge in [-0.05, 0) is 0 Å². The van der Waals surface area contributed by atoms with Crippen LogP contribution in [0.25, 0.3) is 0 Å². The van der Waals surface area contributed by atoms with Crippen LogP contribution in [0.5, 0.6) is 0 Å². The molecule has 0 saturated carbocycles. The lowest BCUT2D eigenvalue weighted by Crippen LogP contribution is -2.44. The number of nitrogens with one attached hydrogen (secondary N) is 2. The quantitative estimate of drug-likeness (QED) is 0.157. The van der Waals surface area contributed by atoms with Gasteiger partial charge in [0.25, 0.3) is 0 Å². The highest BCUT2D eigenvalue weighted by molar-refractivity contribution is 7.84. The van der Waals surface area contributed by atoms with Crippen LogP contribution in [0.15, 0.2) is 0 Å². The highest BCUT2D eigenvalue weighted by atomic mass is 32.3. The van der Waals surface area contributed by atoms with Crippen LogP contribution in [0, 0.1) is 0 Å². The van der Waals surface area contributed by atoms with E-state index >= 15 is 0 Å². The third kappa shape index (κ3) is 10.8. The van der Waals surface area contributed by atoms with Crippen LogP contribution < -0.4 is 9.44 Å². The topological polar surface area (TPSA) is 226 Å². The predicted molar refractivity (Wildman–Crippen MR) is 62.2 cm³/mol. The fourth-order valence-electron chi connectivity index (χ4n) is 0.814. The second-order valence-corrected chi connectivity index (χ2v) is 6.70. The van der Waals surface area contributed by atoms with Crippen LogP contribution in [0.3, 0.4) is 0 Å². The van der Waals surface area contributed by atoms with Crippen molar-refractivity contribution in [2.24, 2.45) is 0 Å². The molecule has 0 bridgehead atoms. The summed E-state index contributed by atoms with van der Waals surface area (Å²) < 4.78 is 91.0. The molecular formula is C4H12N2O12S3. The van der Waals surface area contributed by atoms with E-state index in [0.29, 0.717) is 0 Å². The highest BCUT2D eigenvalue weighted by Crippen LogP contribution is 2.04. The number of aliphatic hydroxyl groups excluding tert-OH is 2. The molecule has 6 N–H and O–H groups in total. The van der Waals surface area contributed by atoms with Crippen LogP contribution in [-0.4, -0.2) is 70.2 Å². The van der Waals surface area contributed by atoms with E-state index in [1.807, 2.05) is 0 Å². The first-order valence-corrected chi connectivity index (χ1v) is 8.82. The van der Waals surface area contributed by atoms with Gasteiger partial charge < -0.3 is 10.2 Å². The van der Waals surface area contributed by atoms with Gasteiger partial charge in [0.2, 0.25) is 0 Å². The smallest absolute Gasteiger partial charge is 0.392 e. The van der Waals surface area contributed by atoms with E-state index in [1.54, 1.807) is 0 Å². The van der Waals surface area contributed by atoms with Crippen LogP contribution in [0.2, 0.25) is 0 Å². The maximum Gasteiger partial charge on any atom is 0.403 e. The Hall–Kier alpha value is -0.470. The Morgan fingerprint density at radius 2 is 1.05 bits per heavy atom. The molecule has 2 atom stereocenters. The SMILES string of the molecule is O=S(=O)(O)NC(CO)OS(=O)(=O)OC(CO)NS(=O)(=O)O. The number of hydrogen-bond acceptors (Lipinski definition) is 10. The number of hydrogen-bond donors (Lipinski definition) is 6. The molecule has 0 heterocycles. The van der Waals surface area contributed by atoms with E-state index < -0.39 is 56.7 Å². The lowest BCUT2D eigenvalue weighted by molar-refractivity contribution is 0.0544. The summed E-state index contributed by atoms with van der Waals surface area (Å²) in [4.78, 5) is 0. The molecule has 0 aliphatic rings. The number of rotatable bonds is 10. The summed E-state index contributed by atoms with van der Waals surface area (Å²) in [6, 6.07) is 0. The van der Waals surface area contributed by atoms with Crippen molar-refractivity contribution in [1.29, 1.82) is 0 Å². The standard InChI is InChI=1S/C4H12N2O12S3/c7-1-3(5-19(9,10)11)17-21(15,16)18-4(2-8)6-20(12,13)14/h3-8H,1-2H2,(H,9,10,11)(H,12,13,14). The zero-order valence-electron chi connectivity index (χ0n) is 9.85. The first kappa shape index (κ1) is 20.5. The van der Waals surface area contributed by atoms with E-state index in [0.717, 1.165) is 9.44 Å². The fraction of sp³-hybridized carbons (Fsp3) is 1.00. The molecule has 0 aromatic carbocycles. The Balaban J connectivity index is 4.88. The van der Waals surface area contributed by atoms with Crippen LogP contribution in [-0.2, 0) is 39.4 Å². The minimum absolute atomic E-state index is 1.15. The molecule has 14 nitrogen and oxygen atoms in total. The lowest BCUT2D eigenvalue weighted by atomic mass is 10.7. The third-order valence-corrected chi connectivity index (χ3v) is 3.42. The van der Waals surface area contributed by atoms with Gasteiger partial charge in [0, 0.05) is 0 Å². The van der Waals surface area contributed by atoms with Gasteiger partial charge in [-0.1, -0.05) is 0 Å². The van der Waals surface area contributed by atoms with Gasteiger partial charge in [0.1, 0.15) is 0 Å². The molecule has 0 aliphatic heterocycles. The molecule has 2 unspecified atom stereocenters. The van der Waals surface area contributed by atoms with E-state index in [4.69, 9.17) is 19.3 Å². The van der Waals surface area contributed by atoms with E-state index in [9.17, 15) is 25.3 Å². The second-order valence-electron chi connectivity index (χ2n) is 3.13. The third-order valence-electron chi connectivity index (χ3n) is 1.36. The average Bonchev–Trinajstić information content (AvgIpc) is 2.22. The van der Waals surface area contributed by atoms with Crippen molar-refractivity contribution in [3.63, 3.8) is 0 Å². The molecule has 0 spiro atoms. The molecule has 0 amide bonds. The molecule has 0 aromatic rings. The van der Waals surface area contributed by atoms with Gasteiger partial charge in [-0.3, -0.25) is 9.11 Å². The van der Waals surface area contributed by atoms with Crippen molar-refractivity contribution in [3.05, 3.63) is 0 Å². The summed E-state index contributed by atoms with van der Waals surface area (Å²) >= 11 is 0. The first-order chi connectivity index (χ1) is 9.28. The van der Waals surface area contributed by atoms with Gasteiger partial charge in [-0.15, -0.1) is 0 Å². The largest absolute Gasteiger partial charge is 0.403 e. The van der Waals surface area contributed by atoms with Crippen molar-refractivity contribution in [2.75, 3.05) is 13.2 Å². The lowest BCUT2D eigenvalue weighted by Gasteiger charge is -2.17. The number of aliphatic hydroxyl groups is 2. The molecule has 21 heavy (non-hydrogen) atoms. The fourth-order valence-corrected chi connectivity index (χ4v) is 2.68. The van der Waals surface area contributed by atoms with Gasteiger partial charge in [0.15, 0.2) is 12.5 Å². The van der Waals surface area contributed by atoms with E-state index in [-0.39, 0.29) is 0 Å². The summed E-state index contributed by atoms with van der Waals surface area (Å²) in [6.07, 6.45) is -4.37. The molecule has 0 radical (unpaired) electrons. The molecule has 0 rings (SSSR count). The summed E-state index contributed by atoms with van der Waals surface area (Å²) in [7, 11) is -15.0. The molecule has 17 heteroatoms. The molecule has 128 valence electrons. The minimum Gasteiger partial charge on any atom is -0.392 e. The van der Waals surface area contributed by atoms with Gasteiger partial charge in [-0.2, -0.15) is 34.7 Å². The van der Waals surface area contributed by atoms with Gasteiger partial charge in [0.05, 0.1) is 13.2 Å². The van der Waals surface area contributed by atoms with E-state index in [1.165, 1.54) is 0 Å². The Morgan fingerprint density at radius 1 is 0.762 bits per heavy atom. The van der Waals surface area contributed by atoms with Crippen LogP contribution in [0.4, 0.5) is 0 Å². The molecular weight excluding hydrogens is 364 g/mol. The highest BCUT2D eigenvalue weighted by Gasteiger charge is 2.28. The Bertz CT molecular complexity index is 571. The van der Waals surface area contributed by atoms with Gasteiger partial charge >= 0.3 is 31.0 Å². The normalized spacial score (nSPS) is 16.6. The monoisotopic (exact) mass is 376 g/mol. The summed E-state index contributed by atoms with van der Waals surface area (Å²) in [5.41, 5.74) is 0. The van der Waals surface area contributed by atoms with Crippen molar-refractivity contribution in [1.82, 2.24) is 9.44 Å². The summed E-state index contributed by atoms with van der Waals surface area (Å²) in [5.74, 6) is 0. The van der Waals surface area contributed by atoms with Crippen molar-refractivity contribution in [2.45, 2.75) is 12.5 Å². The summed E-state index contributed by atoms with van der Waals surface area (Å²) in [5, 5.41) is 17.3. The minimum atomic E-state index is -5.15. The average molecular weight is 376 g/mol. The van der Waals surface area contributed by atoms with Crippen LogP contribution in [0.1, 0.15) is 0 Å². The van der Waals surface area contributed by atoms with E-state index in [2.05, 4.69) is 8.37 Å². The van der Waals surface area contributed by atoms with Gasteiger partial charge in [-0.25, -0.2) is 8.37 Å². The Labute approximate surface area is 119 Å². The van der Waals surface area contributed by atoms with Crippen molar-refractivity contribution in [3.8, 4) is 0 Å². The zero-order valence-corrected chi connectivity index (χ0v) is 12.3. The second kappa shape index (κ2) is 7.69. The van der Waals surface area contributed by atoms with Crippen LogP contribution >= 0.6 is 0 Å². The first-order valence-electron chi connectivity index (χ1n) is 4.60. The predicted octanol–water partition coefficient (Wildman–Crippen LogP) is -4.31. The van der Waals surface area contributed by atoms with Crippen molar-refractivity contribution < 1.29 is 52.9 Å². The molecule has 0 fully saturated rings. The zero-order chi connectivity index (χ0) is 16.9. The molecule has 0 saturated heterocycles. The Morgan fingerprint density at radius 3 is 1.24 bits per heavy atom. The maximum atomic E-state index is 11.2. The summed E-state index contributed by atoms with van der Waals surface area (Å²) in [6.45, 7) is -2.50.